The van der Waals surface area contributed by atoms with Crippen molar-refractivity contribution in [2.24, 2.45) is 0 Å². The highest BCUT2D eigenvalue weighted by molar-refractivity contribution is 6.03. The number of nitrogens with zero attached hydrogens (tertiary/aromatic N) is 5. The number of halogens is 2. The Morgan fingerprint density at radius 1 is 1.13 bits per heavy atom. The number of rotatable bonds is 7. The van der Waals surface area contributed by atoms with Gasteiger partial charge in [-0.2, -0.15) is 9.97 Å². The van der Waals surface area contributed by atoms with Gasteiger partial charge < -0.3 is 24.8 Å². The number of phenolic OH excluding ortho intramolecular Hbond substituents is 1. The lowest BCUT2D eigenvalue weighted by Crippen LogP contribution is -2.51. The number of alkyl halides is 1. The molecule has 2 bridgehead atoms. The molecule has 4 saturated heterocycles. The van der Waals surface area contributed by atoms with E-state index in [0.29, 0.717) is 76.9 Å². The molecule has 4 aliphatic heterocycles. The van der Waals surface area contributed by atoms with Crippen molar-refractivity contribution in [1.29, 1.82) is 0 Å². The molecular weight excluding hydrogens is 590 g/mol. The van der Waals surface area contributed by atoms with Crippen LogP contribution in [0, 0.1) is 18.2 Å². The highest BCUT2D eigenvalue weighted by Crippen LogP contribution is 2.42. The summed E-state index contributed by atoms with van der Waals surface area (Å²) in [5.41, 5.74) is 0.996. The SMILES string of the molecule is C#Cc1cccc2cc(O)cc(-c3nc(COC)c4c(N5CC6CCC(C5)N6)nc(OCC56CCCN5C[C@H](F)C6)nc4c3F)c12. The summed E-state index contributed by atoms with van der Waals surface area (Å²) < 4.78 is 43.6. The van der Waals surface area contributed by atoms with Crippen molar-refractivity contribution in [1.82, 2.24) is 25.2 Å². The Kier molecular flexibility index (Phi) is 7.20. The predicted octanol–water partition coefficient (Wildman–Crippen LogP) is 4.71. The first-order chi connectivity index (χ1) is 22.4. The van der Waals surface area contributed by atoms with Crippen LogP contribution in [0.1, 0.15) is 43.4 Å². The standard InChI is InChI=1S/C35H36F2N6O3/c1-3-20-6-4-7-21-12-25(44)13-26(28(20)21)31-30(37)32-29(27(39-31)18-45-2)33(42-16-23-8-9-24(17-42)38-23)41-34(40-32)46-19-35-10-5-11-43(35)15-22(36)14-35/h1,4,6-7,12-13,22-24,38,44H,5,8-11,14-19H2,2H3/t22-,23?,24?,35?/m1/s1. The molecule has 6 heterocycles. The van der Waals surface area contributed by atoms with E-state index >= 15 is 4.39 Å². The van der Waals surface area contributed by atoms with Crippen LogP contribution in [0.25, 0.3) is 32.9 Å². The van der Waals surface area contributed by atoms with E-state index in [0.717, 1.165) is 32.2 Å². The third-order valence-corrected chi connectivity index (χ3v) is 10.2. The molecule has 0 aliphatic carbocycles. The van der Waals surface area contributed by atoms with E-state index in [1.807, 2.05) is 6.07 Å². The third kappa shape index (κ3) is 4.82. The minimum absolute atomic E-state index is 0.00393. The maximum Gasteiger partial charge on any atom is 0.319 e. The predicted molar refractivity (Wildman–Crippen MR) is 171 cm³/mol. The Hall–Kier alpha value is -4.11. The van der Waals surface area contributed by atoms with Gasteiger partial charge in [0.2, 0.25) is 0 Å². The van der Waals surface area contributed by atoms with Crippen LogP contribution in [0.15, 0.2) is 30.3 Å². The largest absolute Gasteiger partial charge is 0.508 e. The summed E-state index contributed by atoms with van der Waals surface area (Å²) in [5, 5.41) is 16.0. The van der Waals surface area contributed by atoms with Gasteiger partial charge >= 0.3 is 6.01 Å². The molecule has 0 spiro atoms. The lowest BCUT2D eigenvalue weighted by Gasteiger charge is -2.35. The average Bonchev–Trinajstić information content (AvgIpc) is 3.70. The van der Waals surface area contributed by atoms with Gasteiger partial charge in [0.05, 0.1) is 23.2 Å². The highest BCUT2D eigenvalue weighted by atomic mass is 19.1. The molecule has 46 heavy (non-hydrogen) atoms. The van der Waals surface area contributed by atoms with Crippen LogP contribution in [0.4, 0.5) is 14.6 Å². The first-order valence-corrected chi connectivity index (χ1v) is 16.0. The lowest BCUT2D eigenvalue weighted by molar-refractivity contribution is 0.107. The number of pyridine rings is 1. The smallest absolute Gasteiger partial charge is 0.319 e. The molecule has 3 unspecified atom stereocenters. The zero-order valence-electron chi connectivity index (χ0n) is 25.7. The van der Waals surface area contributed by atoms with E-state index in [-0.39, 0.29) is 36.2 Å². The van der Waals surface area contributed by atoms with Crippen molar-refractivity contribution in [2.75, 3.05) is 44.8 Å². The molecule has 8 rings (SSSR count). The van der Waals surface area contributed by atoms with Gasteiger partial charge in [0, 0.05) is 61.8 Å². The zero-order valence-corrected chi connectivity index (χ0v) is 25.7. The first-order valence-electron chi connectivity index (χ1n) is 16.0. The van der Waals surface area contributed by atoms with Crippen molar-refractivity contribution in [3.63, 3.8) is 0 Å². The first kappa shape index (κ1) is 29.3. The van der Waals surface area contributed by atoms with Crippen LogP contribution in [-0.2, 0) is 11.3 Å². The van der Waals surface area contributed by atoms with Gasteiger partial charge in [-0.25, -0.2) is 13.8 Å². The van der Waals surface area contributed by atoms with Crippen molar-refractivity contribution >= 4 is 27.5 Å². The molecule has 9 nitrogen and oxygen atoms in total. The van der Waals surface area contributed by atoms with E-state index in [1.165, 1.54) is 6.07 Å². The number of nitrogens with one attached hydrogen (secondary N) is 1. The summed E-state index contributed by atoms with van der Waals surface area (Å²) in [6, 6.07) is 9.09. The molecule has 4 aliphatic rings. The minimum atomic E-state index is -0.902. The normalized spacial score (nSPS) is 25.8. The molecular formula is C35H36F2N6O3. The molecule has 0 amide bonds. The number of terminal acetylenes is 1. The van der Waals surface area contributed by atoms with E-state index < -0.39 is 17.5 Å². The second kappa shape index (κ2) is 11.3. The van der Waals surface area contributed by atoms with E-state index in [4.69, 9.17) is 25.9 Å². The number of benzene rings is 2. The number of piperazine rings is 1. The topological polar surface area (TPSA) is 95.9 Å². The lowest BCUT2D eigenvalue weighted by atomic mass is 9.95. The van der Waals surface area contributed by atoms with Crippen LogP contribution in [-0.4, -0.2) is 88.6 Å². The van der Waals surface area contributed by atoms with Crippen molar-refractivity contribution < 1.29 is 23.4 Å². The van der Waals surface area contributed by atoms with Crippen molar-refractivity contribution in [2.45, 2.75) is 62.5 Å². The molecule has 4 aromatic rings. The summed E-state index contributed by atoms with van der Waals surface area (Å²) in [7, 11) is 1.56. The quantitative estimate of drug-likeness (QED) is 0.283. The number of fused-ring (bicyclic) bond motifs is 5. The fourth-order valence-electron chi connectivity index (χ4n) is 8.26. The van der Waals surface area contributed by atoms with Crippen LogP contribution >= 0.6 is 0 Å². The molecule has 238 valence electrons. The molecule has 4 atom stereocenters. The van der Waals surface area contributed by atoms with Gasteiger partial charge in [0.1, 0.15) is 35.6 Å². The molecule has 11 heteroatoms. The Bertz CT molecular complexity index is 1890. The fraction of sp³-hybridized carbons (Fsp3) is 0.457. The van der Waals surface area contributed by atoms with Crippen LogP contribution in [0.5, 0.6) is 11.8 Å². The number of ether oxygens (including phenoxy) is 2. The Balaban J connectivity index is 1.32. The monoisotopic (exact) mass is 626 g/mol. The highest BCUT2D eigenvalue weighted by Gasteiger charge is 2.49. The number of methoxy groups -OCH3 is 1. The van der Waals surface area contributed by atoms with Crippen LogP contribution < -0.4 is 15.0 Å². The minimum Gasteiger partial charge on any atom is -0.508 e. The summed E-state index contributed by atoms with van der Waals surface area (Å²) in [5.74, 6) is 2.52. The molecule has 0 radical (unpaired) electrons. The van der Waals surface area contributed by atoms with E-state index in [2.05, 4.69) is 26.0 Å². The molecule has 2 aromatic heterocycles. The number of phenols is 1. The zero-order chi connectivity index (χ0) is 31.6. The molecule has 0 saturated carbocycles. The van der Waals surface area contributed by atoms with Gasteiger partial charge in [-0.15, -0.1) is 6.42 Å². The maximum atomic E-state index is 17.1. The molecule has 2 aromatic carbocycles. The second-order valence-corrected chi connectivity index (χ2v) is 13.2. The number of hydrogen-bond donors (Lipinski definition) is 2. The summed E-state index contributed by atoms with van der Waals surface area (Å²) in [6.45, 7) is 2.92. The van der Waals surface area contributed by atoms with Gasteiger partial charge in [0.15, 0.2) is 5.82 Å². The van der Waals surface area contributed by atoms with Crippen LogP contribution in [0.3, 0.4) is 0 Å². The summed E-state index contributed by atoms with van der Waals surface area (Å²) in [6.07, 6.45) is 9.28. The van der Waals surface area contributed by atoms with Gasteiger partial charge in [-0.1, -0.05) is 18.1 Å². The second-order valence-electron chi connectivity index (χ2n) is 13.2. The van der Waals surface area contributed by atoms with Gasteiger partial charge in [-0.05, 0) is 55.8 Å². The van der Waals surface area contributed by atoms with Gasteiger partial charge in [-0.3, -0.25) is 4.90 Å². The molecule has 2 N–H and O–H groups in total. The number of aromatic nitrogens is 3. The Labute approximate surface area is 265 Å². The summed E-state index contributed by atoms with van der Waals surface area (Å²) in [4.78, 5) is 18.8. The van der Waals surface area contributed by atoms with E-state index in [1.54, 1.807) is 25.3 Å². The number of hydrogen-bond acceptors (Lipinski definition) is 9. The van der Waals surface area contributed by atoms with E-state index in [9.17, 15) is 9.50 Å². The Morgan fingerprint density at radius 3 is 2.74 bits per heavy atom. The summed E-state index contributed by atoms with van der Waals surface area (Å²) >= 11 is 0. The van der Waals surface area contributed by atoms with Gasteiger partial charge in [0.25, 0.3) is 0 Å². The third-order valence-electron chi connectivity index (χ3n) is 10.2. The number of aromatic hydroxyl groups is 1. The maximum absolute atomic E-state index is 17.1. The Morgan fingerprint density at radius 2 is 1.96 bits per heavy atom. The number of anilines is 1. The molecule has 4 fully saturated rings. The average molecular weight is 627 g/mol. The van der Waals surface area contributed by atoms with Crippen LogP contribution in [0.2, 0.25) is 0 Å². The fourth-order valence-corrected chi connectivity index (χ4v) is 8.26. The van der Waals surface area contributed by atoms with Crippen molar-refractivity contribution in [3.8, 4) is 35.4 Å². The van der Waals surface area contributed by atoms with Crippen molar-refractivity contribution in [3.05, 3.63) is 47.4 Å².